The molecule has 4 rings (SSSR count). The monoisotopic (exact) mass is 414 g/mol. The van der Waals surface area contributed by atoms with E-state index in [0.717, 1.165) is 31.2 Å². The zero-order chi connectivity index (χ0) is 20.2. The molecule has 0 bridgehead atoms. The molecule has 0 unspecified atom stereocenters. The first-order valence-electron chi connectivity index (χ1n) is 10.5. The molecule has 0 radical (unpaired) electrons. The highest BCUT2D eigenvalue weighted by molar-refractivity contribution is 6.30. The Morgan fingerprint density at radius 2 is 1.83 bits per heavy atom. The van der Waals surface area contributed by atoms with Crippen molar-refractivity contribution < 1.29 is 14.6 Å². The number of aliphatic hydroxyl groups excluding tert-OH is 1. The molecule has 0 saturated heterocycles. The van der Waals surface area contributed by atoms with Gasteiger partial charge in [0, 0.05) is 16.7 Å². The standard InChI is InChI=1S/C23H27ClN2O3/c24-17-10-8-16(9-11-17)22-18(23(28)25-19-6-1-2-7-20(19)27)12-13-21(26-22)29-14-15-4-3-5-15/h8-13,15,19-20,27H,1-7,14H2,(H,25,28)/t19-,20-/m1/s1. The van der Waals surface area contributed by atoms with Crippen molar-refractivity contribution in [3.05, 3.63) is 47.0 Å². The first kappa shape index (κ1) is 20.2. The summed E-state index contributed by atoms with van der Waals surface area (Å²) in [5.74, 6) is 0.904. The molecule has 1 aromatic heterocycles. The number of pyridine rings is 1. The number of ether oxygens (including phenoxy) is 1. The van der Waals surface area contributed by atoms with Crippen LogP contribution in [0.1, 0.15) is 55.3 Å². The lowest BCUT2D eigenvalue weighted by Crippen LogP contribution is -2.45. The van der Waals surface area contributed by atoms with Crippen molar-refractivity contribution in [2.24, 2.45) is 5.92 Å². The van der Waals surface area contributed by atoms with Gasteiger partial charge in [0.25, 0.3) is 5.91 Å². The van der Waals surface area contributed by atoms with E-state index in [1.54, 1.807) is 24.3 Å². The van der Waals surface area contributed by atoms with Gasteiger partial charge in [-0.25, -0.2) is 4.98 Å². The van der Waals surface area contributed by atoms with Crippen LogP contribution in [0.25, 0.3) is 11.3 Å². The highest BCUT2D eigenvalue weighted by Crippen LogP contribution is 2.29. The second-order valence-electron chi connectivity index (χ2n) is 8.09. The van der Waals surface area contributed by atoms with E-state index in [1.165, 1.54) is 19.3 Å². The lowest BCUT2D eigenvalue weighted by molar-refractivity contribution is 0.0717. The van der Waals surface area contributed by atoms with E-state index in [-0.39, 0.29) is 11.9 Å². The molecule has 1 heterocycles. The largest absolute Gasteiger partial charge is 0.477 e. The maximum Gasteiger partial charge on any atom is 0.253 e. The molecule has 0 spiro atoms. The van der Waals surface area contributed by atoms with E-state index in [1.807, 2.05) is 12.1 Å². The van der Waals surface area contributed by atoms with Crippen LogP contribution in [0.15, 0.2) is 36.4 Å². The second-order valence-corrected chi connectivity index (χ2v) is 8.53. The molecule has 1 amide bonds. The number of benzene rings is 1. The van der Waals surface area contributed by atoms with E-state index in [9.17, 15) is 9.90 Å². The summed E-state index contributed by atoms with van der Waals surface area (Å²) in [4.78, 5) is 17.7. The molecule has 5 nitrogen and oxygen atoms in total. The summed E-state index contributed by atoms with van der Waals surface area (Å²) in [7, 11) is 0. The van der Waals surface area contributed by atoms with Crippen LogP contribution in [0.3, 0.4) is 0 Å². The van der Waals surface area contributed by atoms with Crippen LogP contribution < -0.4 is 10.1 Å². The number of carbonyl (C=O) groups is 1. The van der Waals surface area contributed by atoms with E-state index in [0.29, 0.717) is 34.7 Å². The number of carbonyl (C=O) groups excluding carboxylic acids is 1. The molecule has 29 heavy (non-hydrogen) atoms. The molecule has 2 aliphatic rings. The van der Waals surface area contributed by atoms with Gasteiger partial charge >= 0.3 is 0 Å². The number of halogens is 1. The number of rotatable bonds is 6. The Balaban J connectivity index is 1.58. The fourth-order valence-electron chi connectivity index (χ4n) is 3.92. The van der Waals surface area contributed by atoms with Crippen LogP contribution >= 0.6 is 11.6 Å². The van der Waals surface area contributed by atoms with E-state index >= 15 is 0 Å². The predicted molar refractivity (Wildman–Crippen MR) is 113 cm³/mol. The number of aromatic nitrogens is 1. The Bertz CT molecular complexity index is 852. The summed E-state index contributed by atoms with van der Waals surface area (Å²) in [5, 5.41) is 13.8. The minimum absolute atomic E-state index is 0.219. The quantitative estimate of drug-likeness (QED) is 0.723. The zero-order valence-corrected chi connectivity index (χ0v) is 17.2. The molecule has 2 aromatic rings. The predicted octanol–water partition coefficient (Wildman–Crippen LogP) is 4.61. The Kier molecular flexibility index (Phi) is 6.36. The normalized spacial score (nSPS) is 22.0. The van der Waals surface area contributed by atoms with E-state index in [4.69, 9.17) is 16.3 Å². The Morgan fingerprint density at radius 1 is 1.07 bits per heavy atom. The van der Waals surface area contributed by atoms with Crippen molar-refractivity contribution in [2.75, 3.05) is 6.61 Å². The smallest absolute Gasteiger partial charge is 0.253 e. The highest BCUT2D eigenvalue weighted by Gasteiger charge is 2.26. The summed E-state index contributed by atoms with van der Waals surface area (Å²) in [6, 6.07) is 10.6. The van der Waals surface area contributed by atoms with Crippen LogP contribution in [0.5, 0.6) is 5.88 Å². The number of hydrogen-bond acceptors (Lipinski definition) is 4. The highest BCUT2D eigenvalue weighted by atomic mass is 35.5. The first-order chi connectivity index (χ1) is 14.1. The third-order valence-corrected chi connectivity index (χ3v) is 6.22. The number of nitrogens with zero attached hydrogens (tertiary/aromatic N) is 1. The number of nitrogens with one attached hydrogen (secondary N) is 1. The lowest BCUT2D eigenvalue weighted by Gasteiger charge is -2.28. The van der Waals surface area contributed by atoms with Gasteiger partial charge in [-0.1, -0.05) is 43.0 Å². The van der Waals surface area contributed by atoms with E-state index < -0.39 is 6.10 Å². The minimum atomic E-state index is -0.496. The molecule has 2 N–H and O–H groups in total. The van der Waals surface area contributed by atoms with Crippen molar-refractivity contribution in [1.82, 2.24) is 10.3 Å². The molecule has 6 heteroatoms. The van der Waals surface area contributed by atoms with Crippen LogP contribution in [-0.2, 0) is 0 Å². The van der Waals surface area contributed by atoms with Crippen molar-refractivity contribution in [3.63, 3.8) is 0 Å². The maximum atomic E-state index is 13.0. The number of hydrogen-bond donors (Lipinski definition) is 2. The van der Waals surface area contributed by atoms with Gasteiger partial charge in [-0.3, -0.25) is 4.79 Å². The van der Waals surface area contributed by atoms with Gasteiger partial charge in [0.2, 0.25) is 5.88 Å². The Labute approximate surface area is 176 Å². The van der Waals surface area contributed by atoms with Gasteiger partial charge in [-0.05, 0) is 49.8 Å². The van der Waals surface area contributed by atoms with Gasteiger partial charge in [-0.2, -0.15) is 0 Å². The van der Waals surface area contributed by atoms with E-state index in [2.05, 4.69) is 10.3 Å². The molecule has 0 aliphatic heterocycles. The Morgan fingerprint density at radius 3 is 2.52 bits per heavy atom. The van der Waals surface area contributed by atoms with Gasteiger partial charge in [0.15, 0.2) is 0 Å². The fourth-order valence-corrected chi connectivity index (χ4v) is 4.05. The van der Waals surface area contributed by atoms with Gasteiger partial charge in [-0.15, -0.1) is 0 Å². The number of aliphatic hydroxyl groups is 1. The Hall–Kier alpha value is -2.11. The molecular weight excluding hydrogens is 388 g/mol. The minimum Gasteiger partial charge on any atom is -0.477 e. The fraction of sp³-hybridized carbons (Fsp3) is 0.478. The SMILES string of the molecule is O=C(N[C@@H]1CCCC[C@H]1O)c1ccc(OCC2CCC2)nc1-c1ccc(Cl)cc1. The zero-order valence-electron chi connectivity index (χ0n) is 16.4. The number of amides is 1. The second kappa shape index (κ2) is 9.14. The summed E-state index contributed by atoms with van der Waals surface area (Å²) < 4.78 is 5.89. The van der Waals surface area contributed by atoms with Gasteiger partial charge in [0.05, 0.1) is 30.0 Å². The molecule has 154 valence electrons. The van der Waals surface area contributed by atoms with Crippen LogP contribution in [-0.4, -0.2) is 34.8 Å². The van der Waals surface area contributed by atoms with Gasteiger partial charge < -0.3 is 15.2 Å². The summed E-state index contributed by atoms with van der Waals surface area (Å²) in [6.45, 7) is 0.660. The third-order valence-electron chi connectivity index (χ3n) is 5.97. The van der Waals surface area contributed by atoms with Crippen molar-refractivity contribution in [2.45, 2.75) is 57.1 Å². The molecule has 2 aliphatic carbocycles. The summed E-state index contributed by atoms with van der Waals surface area (Å²) >= 11 is 6.03. The van der Waals surface area contributed by atoms with Crippen molar-refractivity contribution >= 4 is 17.5 Å². The van der Waals surface area contributed by atoms with Crippen LogP contribution in [0, 0.1) is 5.92 Å². The first-order valence-corrected chi connectivity index (χ1v) is 10.9. The van der Waals surface area contributed by atoms with Gasteiger partial charge in [0.1, 0.15) is 0 Å². The maximum absolute atomic E-state index is 13.0. The topological polar surface area (TPSA) is 71.5 Å². The summed E-state index contributed by atoms with van der Waals surface area (Å²) in [5.41, 5.74) is 1.84. The molecule has 2 atom stereocenters. The molecule has 2 saturated carbocycles. The third kappa shape index (κ3) is 4.90. The molecule has 1 aromatic carbocycles. The van der Waals surface area contributed by atoms with Crippen molar-refractivity contribution in [3.8, 4) is 17.1 Å². The van der Waals surface area contributed by atoms with Crippen molar-refractivity contribution in [1.29, 1.82) is 0 Å². The molecule has 2 fully saturated rings. The lowest BCUT2D eigenvalue weighted by atomic mass is 9.86. The molecular formula is C23H27ClN2O3. The van der Waals surface area contributed by atoms with Crippen LogP contribution in [0.4, 0.5) is 0 Å². The van der Waals surface area contributed by atoms with Crippen LogP contribution in [0.2, 0.25) is 5.02 Å². The average molecular weight is 415 g/mol. The summed E-state index contributed by atoms with van der Waals surface area (Å²) in [6.07, 6.45) is 6.70. The average Bonchev–Trinajstić information content (AvgIpc) is 2.69.